The lowest BCUT2D eigenvalue weighted by atomic mass is 10.2. The van der Waals surface area contributed by atoms with Crippen molar-refractivity contribution in [3.8, 4) is 0 Å². The Balaban J connectivity index is 1.86. The molecule has 0 saturated carbocycles. The Morgan fingerprint density at radius 3 is 2.55 bits per heavy atom. The molecule has 1 aromatic carbocycles. The standard InChI is InChI=1S/C14H18Cl2N2O2/c1-20-10-14(19)18-6-4-17(5-7-18)9-11-2-3-12(15)8-13(11)16/h2-3,8H,4-7,9-10H2,1H3. The number of methoxy groups -OCH3 is 1. The van der Waals surface area contributed by atoms with E-state index >= 15 is 0 Å². The largest absolute Gasteiger partial charge is 0.375 e. The first-order valence-corrected chi connectivity index (χ1v) is 7.28. The number of benzene rings is 1. The van der Waals surface area contributed by atoms with Gasteiger partial charge in [0.25, 0.3) is 0 Å². The van der Waals surface area contributed by atoms with E-state index in [0.717, 1.165) is 38.3 Å². The van der Waals surface area contributed by atoms with Gasteiger partial charge in [-0.25, -0.2) is 0 Å². The number of amides is 1. The van der Waals surface area contributed by atoms with Gasteiger partial charge < -0.3 is 9.64 Å². The van der Waals surface area contributed by atoms with E-state index in [1.165, 1.54) is 7.11 Å². The number of carbonyl (C=O) groups is 1. The van der Waals surface area contributed by atoms with Gasteiger partial charge in [0.05, 0.1) is 0 Å². The number of nitrogens with zero attached hydrogens (tertiary/aromatic N) is 2. The lowest BCUT2D eigenvalue weighted by molar-refractivity contribution is -0.136. The number of piperazine rings is 1. The zero-order valence-corrected chi connectivity index (χ0v) is 13.0. The molecule has 1 saturated heterocycles. The zero-order valence-electron chi connectivity index (χ0n) is 11.4. The molecule has 110 valence electrons. The Hall–Kier alpha value is -0.810. The highest BCUT2D eigenvalue weighted by atomic mass is 35.5. The van der Waals surface area contributed by atoms with Crippen LogP contribution in [0.15, 0.2) is 18.2 Å². The lowest BCUT2D eigenvalue weighted by Gasteiger charge is -2.34. The van der Waals surface area contributed by atoms with Gasteiger partial charge in [-0.3, -0.25) is 9.69 Å². The van der Waals surface area contributed by atoms with Gasteiger partial charge in [-0.1, -0.05) is 29.3 Å². The van der Waals surface area contributed by atoms with Crippen molar-refractivity contribution in [1.82, 2.24) is 9.80 Å². The van der Waals surface area contributed by atoms with E-state index in [1.54, 1.807) is 6.07 Å². The molecule has 1 aliphatic rings. The van der Waals surface area contributed by atoms with Crippen molar-refractivity contribution in [2.24, 2.45) is 0 Å². The van der Waals surface area contributed by atoms with Crippen LogP contribution in [0.1, 0.15) is 5.56 Å². The second-order valence-corrected chi connectivity index (χ2v) is 5.67. The van der Waals surface area contributed by atoms with Crippen molar-refractivity contribution in [3.63, 3.8) is 0 Å². The highest BCUT2D eigenvalue weighted by Gasteiger charge is 2.21. The SMILES string of the molecule is COCC(=O)N1CCN(Cc2ccc(Cl)cc2Cl)CC1. The maximum absolute atomic E-state index is 11.7. The van der Waals surface area contributed by atoms with Gasteiger partial charge in [0.2, 0.25) is 5.91 Å². The fourth-order valence-corrected chi connectivity index (χ4v) is 2.73. The minimum atomic E-state index is 0.0525. The molecule has 1 fully saturated rings. The number of carbonyl (C=O) groups excluding carboxylic acids is 1. The topological polar surface area (TPSA) is 32.8 Å². The van der Waals surface area contributed by atoms with Crippen LogP contribution < -0.4 is 0 Å². The molecule has 6 heteroatoms. The van der Waals surface area contributed by atoms with Crippen LogP contribution in [0.2, 0.25) is 10.0 Å². The minimum absolute atomic E-state index is 0.0525. The average Bonchev–Trinajstić information content (AvgIpc) is 2.43. The summed E-state index contributed by atoms with van der Waals surface area (Å²) in [5.74, 6) is 0.0525. The Kier molecular flexibility index (Phi) is 5.66. The third kappa shape index (κ3) is 4.09. The summed E-state index contributed by atoms with van der Waals surface area (Å²) in [5.41, 5.74) is 1.06. The Bertz CT molecular complexity index is 474. The number of hydrogen-bond donors (Lipinski definition) is 0. The molecule has 0 atom stereocenters. The van der Waals surface area contributed by atoms with E-state index in [-0.39, 0.29) is 12.5 Å². The molecule has 0 bridgehead atoms. The molecule has 0 aliphatic carbocycles. The first-order valence-electron chi connectivity index (χ1n) is 6.53. The van der Waals surface area contributed by atoms with E-state index in [9.17, 15) is 4.79 Å². The molecular weight excluding hydrogens is 299 g/mol. The van der Waals surface area contributed by atoms with E-state index in [1.807, 2.05) is 17.0 Å². The third-order valence-corrected chi connectivity index (χ3v) is 3.99. The summed E-state index contributed by atoms with van der Waals surface area (Å²) in [5, 5.41) is 1.34. The fraction of sp³-hybridized carbons (Fsp3) is 0.500. The van der Waals surface area contributed by atoms with Gasteiger partial charge in [0.15, 0.2) is 0 Å². The van der Waals surface area contributed by atoms with Gasteiger partial charge >= 0.3 is 0 Å². The smallest absolute Gasteiger partial charge is 0.248 e. The molecule has 4 nitrogen and oxygen atoms in total. The molecule has 0 radical (unpaired) electrons. The van der Waals surface area contributed by atoms with Crippen LogP contribution in [0.5, 0.6) is 0 Å². The summed E-state index contributed by atoms with van der Waals surface area (Å²) in [7, 11) is 1.54. The van der Waals surface area contributed by atoms with Gasteiger partial charge in [-0.05, 0) is 17.7 Å². The molecule has 1 amide bonds. The number of hydrogen-bond acceptors (Lipinski definition) is 3. The Morgan fingerprint density at radius 1 is 1.25 bits per heavy atom. The average molecular weight is 317 g/mol. The van der Waals surface area contributed by atoms with Crippen LogP contribution in [0.25, 0.3) is 0 Å². The maximum Gasteiger partial charge on any atom is 0.248 e. The number of ether oxygens (including phenoxy) is 1. The molecule has 0 N–H and O–H groups in total. The maximum atomic E-state index is 11.7. The van der Waals surface area contributed by atoms with Crippen molar-refractivity contribution in [1.29, 1.82) is 0 Å². The lowest BCUT2D eigenvalue weighted by Crippen LogP contribution is -2.49. The van der Waals surface area contributed by atoms with E-state index < -0.39 is 0 Å². The van der Waals surface area contributed by atoms with Crippen LogP contribution in [0.4, 0.5) is 0 Å². The van der Waals surface area contributed by atoms with Gasteiger partial charge in [-0.2, -0.15) is 0 Å². The monoisotopic (exact) mass is 316 g/mol. The Labute approximate surface area is 129 Å². The van der Waals surface area contributed by atoms with Gasteiger partial charge in [-0.15, -0.1) is 0 Å². The van der Waals surface area contributed by atoms with Crippen molar-refractivity contribution in [2.45, 2.75) is 6.54 Å². The summed E-state index contributed by atoms with van der Waals surface area (Å²) in [4.78, 5) is 15.8. The molecule has 2 rings (SSSR count). The molecule has 1 heterocycles. The molecule has 0 spiro atoms. The summed E-state index contributed by atoms with van der Waals surface area (Å²) in [6.07, 6.45) is 0. The van der Waals surface area contributed by atoms with Crippen LogP contribution >= 0.6 is 23.2 Å². The molecule has 1 aromatic rings. The van der Waals surface area contributed by atoms with Crippen molar-refractivity contribution in [3.05, 3.63) is 33.8 Å². The zero-order chi connectivity index (χ0) is 14.5. The second-order valence-electron chi connectivity index (χ2n) is 4.83. The van der Waals surface area contributed by atoms with Gasteiger partial charge in [0, 0.05) is 49.9 Å². The van der Waals surface area contributed by atoms with Crippen LogP contribution in [-0.4, -0.2) is 55.6 Å². The predicted molar refractivity (Wildman–Crippen MR) is 80.2 cm³/mol. The van der Waals surface area contributed by atoms with Crippen LogP contribution in [0, 0.1) is 0 Å². The molecular formula is C14H18Cl2N2O2. The highest BCUT2D eigenvalue weighted by molar-refractivity contribution is 6.35. The summed E-state index contributed by atoms with van der Waals surface area (Å²) < 4.78 is 4.87. The predicted octanol–water partition coefficient (Wildman–Crippen LogP) is 2.28. The van der Waals surface area contributed by atoms with Gasteiger partial charge in [0.1, 0.15) is 6.61 Å². The molecule has 0 unspecified atom stereocenters. The van der Waals surface area contributed by atoms with E-state index in [0.29, 0.717) is 10.0 Å². The minimum Gasteiger partial charge on any atom is -0.375 e. The van der Waals surface area contributed by atoms with Crippen LogP contribution in [-0.2, 0) is 16.1 Å². The highest BCUT2D eigenvalue weighted by Crippen LogP contribution is 2.22. The molecule has 0 aromatic heterocycles. The van der Waals surface area contributed by atoms with E-state index in [2.05, 4.69) is 4.90 Å². The fourth-order valence-electron chi connectivity index (χ4n) is 2.26. The van der Waals surface area contributed by atoms with E-state index in [4.69, 9.17) is 27.9 Å². The molecule has 1 aliphatic heterocycles. The second kappa shape index (κ2) is 7.27. The summed E-state index contributed by atoms with van der Waals surface area (Å²) in [6.45, 7) is 4.08. The third-order valence-electron chi connectivity index (χ3n) is 3.40. The van der Waals surface area contributed by atoms with Crippen molar-refractivity contribution in [2.75, 3.05) is 39.9 Å². The Morgan fingerprint density at radius 2 is 1.95 bits per heavy atom. The van der Waals surface area contributed by atoms with Crippen molar-refractivity contribution < 1.29 is 9.53 Å². The normalized spacial score (nSPS) is 16.4. The van der Waals surface area contributed by atoms with Crippen molar-refractivity contribution >= 4 is 29.1 Å². The number of rotatable bonds is 4. The first-order chi connectivity index (χ1) is 9.60. The first kappa shape index (κ1) is 15.6. The van der Waals surface area contributed by atoms with Crippen LogP contribution in [0.3, 0.4) is 0 Å². The summed E-state index contributed by atoms with van der Waals surface area (Å²) in [6, 6.07) is 5.56. The number of halogens is 2. The molecule has 20 heavy (non-hydrogen) atoms. The quantitative estimate of drug-likeness (QED) is 0.854. The summed E-state index contributed by atoms with van der Waals surface area (Å²) >= 11 is 12.1.